The molecule has 27 heavy (non-hydrogen) atoms. The number of para-hydroxylation sites is 1. The molecule has 0 fully saturated rings. The predicted octanol–water partition coefficient (Wildman–Crippen LogP) is 3.73. The van der Waals surface area contributed by atoms with E-state index in [0.29, 0.717) is 21.1 Å². The van der Waals surface area contributed by atoms with E-state index in [9.17, 15) is 13.2 Å². The van der Waals surface area contributed by atoms with Crippen LogP contribution in [0.4, 0.5) is 5.13 Å². The largest absolute Gasteiger partial charge is 0.467 e. The number of carbonyl (C=O) groups is 1. The lowest BCUT2D eigenvalue weighted by Crippen LogP contribution is -2.29. The molecule has 0 aliphatic carbocycles. The van der Waals surface area contributed by atoms with E-state index in [0.717, 1.165) is 6.26 Å². The van der Waals surface area contributed by atoms with Crippen LogP contribution in [0.25, 0.3) is 10.2 Å². The molecule has 7 nitrogen and oxygen atoms in total. The molecule has 1 aromatic carbocycles. The molecule has 0 radical (unpaired) electrons. The topological polar surface area (TPSA) is 93.6 Å². The number of hydrogen-bond acceptors (Lipinski definition) is 7. The van der Waals surface area contributed by atoms with E-state index in [1.165, 1.54) is 34.8 Å². The first-order valence-corrected chi connectivity index (χ1v) is 10.6. The van der Waals surface area contributed by atoms with Crippen LogP contribution >= 0.6 is 11.3 Å². The van der Waals surface area contributed by atoms with E-state index < -0.39 is 15.7 Å². The summed E-state index contributed by atoms with van der Waals surface area (Å²) in [5, 5.41) is 0.360. The molecule has 3 aromatic heterocycles. The van der Waals surface area contributed by atoms with Gasteiger partial charge in [0.05, 0.1) is 28.7 Å². The van der Waals surface area contributed by atoms with Gasteiger partial charge in [-0.1, -0.05) is 17.4 Å². The first-order valence-electron chi connectivity index (χ1n) is 7.91. The number of anilines is 1. The fraction of sp³-hybridized carbons (Fsp3) is 0.111. The van der Waals surface area contributed by atoms with Crippen LogP contribution in [0.15, 0.2) is 68.7 Å². The van der Waals surface area contributed by atoms with E-state index in [1.807, 2.05) is 0 Å². The maximum absolute atomic E-state index is 12.9. The van der Waals surface area contributed by atoms with Gasteiger partial charge < -0.3 is 8.83 Å². The molecule has 0 N–H and O–H groups in total. The second kappa shape index (κ2) is 6.67. The molecule has 9 heteroatoms. The number of rotatable bonds is 5. The zero-order valence-electron chi connectivity index (χ0n) is 14.2. The molecule has 1 amide bonds. The molecule has 0 saturated carbocycles. The van der Waals surface area contributed by atoms with Crippen molar-refractivity contribution < 1.29 is 22.0 Å². The Morgan fingerprint density at radius 1 is 1.11 bits per heavy atom. The first kappa shape index (κ1) is 17.5. The Balaban J connectivity index is 1.83. The van der Waals surface area contributed by atoms with Crippen LogP contribution in [0.5, 0.6) is 0 Å². The Labute approximate surface area is 158 Å². The maximum atomic E-state index is 12.9. The predicted molar refractivity (Wildman–Crippen MR) is 101 cm³/mol. The Hall–Kier alpha value is -2.91. The van der Waals surface area contributed by atoms with Gasteiger partial charge in [-0.3, -0.25) is 9.69 Å². The number of benzene rings is 1. The third kappa shape index (κ3) is 3.38. The van der Waals surface area contributed by atoms with E-state index in [-0.39, 0.29) is 17.2 Å². The number of sulfone groups is 1. The summed E-state index contributed by atoms with van der Waals surface area (Å²) >= 11 is 1.23. The van der Waals surface area contributed by atoms with Crippen molar-refractivity contribution in [1.82, 2.24) is 4.98 Å². The highest BCUT2D eigenvalue weighted by Crippen LogP contribution is 2.34. The van der Waals surface area contributed by atoms with Crippen molar-refractivity contribution in [2.45, 2.75) is 11.4 Å². The summed E-state index contributed by atoms with van der Waals surface area (Å²) in [6.07, 6.45) is 4.07. The monoisotopic (exact) mass is 402 g/mol. The molecule has 0 aliphatic rings. The van der Waals surface area contributed by atoms with Crippen LogP contribution in [0, 0.1) is 0 Å². The second-order valence-corrected chi connectivity index (χ2v) is 8.81. The van der Waals surface area contributed by atoms with Crippen LogP contribution in [0.1, 0.15) is 16.3 Å². The average Bonchev–Trinajstić information content (AvgIpc) is 3.38. The third-order valence-electron chi connectivity index (χ3n) is 3.87. The van der Waals surface area contributed by atoms with Gasteiger partial charge in [-0.05, 0) is 36.4 Å². The molecule has 0 aliphatic heterocycles. The Kier molecular flexibility index (Phi) is 4.33. The zero-order chi connectivity index (χ0) is 19.0. The quantitative estimate of drug-likeness (QED) is 0.505. The third-order valence-corrected chi connectivity index (χ3v) is 6.04. The van der Waals surface area contributed by atoms with Gasteiger partial charge in [0.1, 0.15) is 11.3 Å². The Bertz CT molecular complexity index is 1190. The number of thiazole rings is 1. The number of carbonyl (C=O) groups excluding carboxylic acids is 1. The smallest absolute Gasteiger partial charge is 0.296 e. The summed E-state index contributed by atoms with van der Waals surface area (Å²) in [6, 6.07) is 11.6. The van der Waals surface area contributed by atoms with E-state index in [1.54, 1.807) is 36.4 Å². The fourth-order valence-electron chi connectivity index (χ4n) is 2.64. The number of amides is 1. The lowest BCUT2D eigenvalue weighted by atomic mass is 10.3. The molecule has 0 unspecified atom stereocenters. The molecule has 0 atom stereocenters. The summed E-state index contributed by atoms with van der Waals surface area (Å²) in [4.78, 5) is 18.9. The van der Waals surface area contributed by atoms with Crippen molar-refractivity contribution in [2.75, 3.05) is 11.2 Å². The van der Waals surface area contributed by atoms with Gasteiger partial charge in [0, 0.05) is 6.26 Å². The highest BCUT2D eigenvalue weighted by atomic mass is 32.2. The Morgan fingerprint density at radius 2 is 1.89 bits per heavy atom. The molecule has 0 spiro atoms. The van der Waals surface area contributed by atoms with Crippen molar-refractivity contribution in [3.05, 3.63) is 66.5 Å². The van der Waals surface area contributed by atoms with Crippen molar-refractivity contribution in [3.8, 4) is 0 Å². The minimum atomic E-state index is -3.45. The first-order chi connectivity index (χ1) is 12.9. The van der Waals surface area contributed by atoms with Gasteiger partial charge >= 0.3 is 0 Å². The van der Waals surface area contributed by atoms with Crippen molar-refractivity contribution in [2.24, 2.45) is 0 Å². The summed E-state index contributed by atoms with van der Waals surface area (Å²) in [6.45, 7) is 0.139. The number of fused-ring (bicyclic) bond motifs is 1. The SMILES string of the molecule is CS(=O)(=O)c1cccc2sc(N(Cc3ccco3)C(=O)c3ccco3)nc12. The minimum Gasteiger partial charge on any atom is -0.467 e. The van der Waals surface area contributed by atoms with Gasteiger partial charge in [0.2, 0.25) is 0 Å². The van der Waals surface area contributed by atoms with Gasteiger partial charge in [-0.25, -0.2) is 13.4 Å². The maximum Gasteiger partial charge on any atom is 0.296 e. The summed E-state index contributed by atoms with van der Waals surface area (Å²) in [7, 11) is -3.45. The van der Waals surface area contributed by atoms with Crippen molar-refractivity contribution in [1.29, 1.82) is 0 Å². The second-order valence-electron chi connectivity index (χ2n) is 5.82. The molecular weight excluding hydrogens is 388 g/mol. The molecule has 0 bridgehead atoms. The van der Waals surface area contributed by atoms with Crippen LogP contribution in [-0.2, 0) is 16.4 Å². The summed E-state index contributed by atoms with van der Waals surface area (Å²) < 4.78 is 35.4. The van der Waals surface area contributed by atoms with Gasteiger partial charge in [0.15, 0.2) is 20.7 Å². The van der Waals surface area contributed by atoms with E-state index in [2.05, 4.69) is 4.98 Å². The number of hydrogen-bond donors (Lipinski definition) is 0. The average molecular weight is 402 g/mol. The lowest BCUT2D eigenvalue weighted by molar-refractivity contribution is 0.0956. The molecule has 138 valence electrons. The lowest BCUT2D eigenvalue weighted by Gasteiger charge is -2.17. The molecular formula is C18H14N2O5S2. The number of aromatic nitrogens is 1. The highest BCUT2D eigenvalue weighted by Gasteiger charge is 2.26. The summed E-state index contributed by atoms with van der Waals surface area (Å²) in [5.74, 6) is 0.331. The molecule has 4 rings (SSSR count). The highest BCUT2D eigenvalue weighted by molar-refractivity contribution is 7.91. The molecule has 3 heterocycles. The van der Waals surface area contributed by atoms with Crippen LogP contribution in [-0.4, -0.2) is 25.6 Å². The number of furan rings is 2. The number of nitrogens with zero attached hydrogens (tertiary/aromatic N) is 2. The van der Waals surface area contributed by atoms with Gasteiger partial charge in [0.25, 0.3) is 5.91 Å². The van der Waals surface area contributed by atoms with Gasteiger partial charge in [-0.15, -0.1) is 0 Å². The van der Waals surface area contributed by atoms with Crippen molar-refractivity contribution in [3.63, 3.8) is 0 Å². The van der Waals surface area contributed by atoms with E-state index >= 15 is 0 Å². The molecule has 0 saturated heterocycles. The molecule has 4 aromatic rings. The van der Waals surface area contributed by atoms with Crippen molar-refractivity contribution >= 4 is 42.4 Å². The fourth-order valence-corrected chi connectivity index (χ4v) is 4.53. The normalized spacial score (nSPS) is 11.7. The minimum absolute atomic E-state index is 0.130. The summed E-state index contributed by atoms with van der Waals surface area (Å²) in [5.41, 5.74) is 0.344. The van der Waals surface area contributed by atoms with Crippen LogP contribution in [0.3, 0.4) is 0 Å². The standard InChI is InChI=1S/C18H14N2O5S2/c1-27(22,23)15-8-2-7-14-16(15)19-18(26-14)20(11-12-5-3-9-24-12)17(21)13-6-4-10-25-13/h2-10H,11H2,1H3. The van der Waals surface area contributed by atoms with Crippen LogP contribution in [0.2, 0.25) is 0 Å². The zero-order valence-corrected chi connectivity index (χ0v) is 15.8. The van der Waals surface area contributed by atoms with Gasteiger partial charge in [-0.2, -0.15) is 0 Å². The Morgan fingerprint density at radius 3 is 2.56 bits per heavy atom. The van der Waals surface area contributed by atoms with Crippen LogP contribution < -0.4 is 4.90 Å². The van der Waals surface area contributed by atoms with E-state index in [4.69, 9.17) is 8.83 Å².